The summed E-state index contributed by atoms with van der Waals surface area (Å²) in [5.74, 6) is 0. The van der Waals surface area contributed by atoms with Crippen LogP contribution in [0.25, 0.3) is 9.81 Å². The van der Waals surface area contributed by atoms with E-state index in [1.165, 1.54) is 0 Å². The Labute approximate surface area is 107 Å². The van der Waals surface area contributed by atoms with Crippen molar-refractivity contribution < 1.29 is 0 Å². The third-order valence-electron chi connectivity index (χ3n) is 2.32. The number of thiol groups is 2. The van der Waals surface area contributed by atoms with E-state index in [1.807, 2.05) is 60.7 Å². The van der Waals surface area contributed by atoms with E-state index in [9.17, 15) is 0 Å². The molecule has 0 saturated carbocycles. The van der Waals surface area contributed by atoms with Gasteiger partial charge in [-0.1, -0.05) is 60.7 Å². The van der Waals surface area contributed by atoms with Crippen LogP contribution in [0.15, 0.2) is 60.7 Å². The molecule has 2 rings (SSSR count). The van der Waals surface area contributed by atoms with Crippen LogP contribution in [-0.2, 0) is 0 Å². The number of hydrogen-bond acceptors (Lipinski definition) is 2. The summed E-state index contributed by atoms with van der Waals surface area (Å²) < 4.78 is 0. The first kappa shape index (κ1) is 11.4. The van der Waals surface area contributed by atoms with Crippen molar-refractivity contribution in [2.24, 2.45) is 0 Å². The van der Waals surface area contributed by atoms with Gasteiger partial charge in [-0.25, -0.2) is 0 Å². The first-order chi connectivity index (χ1) is 7.79. The van der Waals surface area contributed by atoms with Crippen LogP contribution in [-0.4, -0.2) is 0 Å². The van der Waals surface area contributed by atoms with E-state index < -0.39 is 0 Å². The highest BCUT2D eigenvalue weighted by atomic mass is 32.1. The highest BCUT2D eigenvalue weighted by Crippen LogP contribution is 2.31. The van der Waals surface area contributed by atoms with Gasteiger partial charge in [0.15, 0.2) is 0 Å². The first-order valence-corrected chi connectivity index (χ1v) is 5.91. The lowest BCUT2D eigenvalue weighted by Gasteiger charge is -2.06. The van der Waals surface area contributed by atoms with Crippen molar-refractivity contribution in [2.45, 2.75) is 0 Å². The normalized spacial score (nSPS) is 12.1. The van der Waals surface area contributed by atoms with E-state index in [4.69, 9.17) is 0 Å². The fourth-order valence-electron chi connectivity index (χ4n) is 1.47. The molecule has 0 fully saturated rings. The second-order valence-electron chi connectivity index (χ2n) is 3.43. The van der Waals surface area contributed by atoms with E-state index in [-0.39, 0.29) is 0 Å². The van der Waals surface area contributed by atoms with Gasteiger partial charge in [0, 0.05) is 9.81 Å². The van der Waals surface area contributed by atoms with E-state index in [0.29, 0.717) is 0 Å². The lowest BCUT2D eigenvalue weighted by molar-refractivity contribution is 1.63. The first-order valence-electron chi connectivity index (χ1n) is 5.02. The molecule has 2 heteroatoms. The highest BCUT2D eigenvalue weighted by Gasteiger charge is 2.03. The Kier molecular flexibility index (Phi) is 3.75. The number of benzene rings is 2. The van der Waals surface area contributed by atoms with Gasteiger partial charge in [0.1, 0.15) is 0 Å². The van der Waals surface area contributed by atoms with Crippen LogP contribution in [0.1, 0.15) is 11.1 Å². The van der Waals surface area contributed by atoms with Gasteiger partial charge in [0.25, 0.3) is 0 Å². The van der Waals surface area contributed by atoms with Crippen molar-refractivity contribution in [3.8, 4) is 0 Å². The van der Waals surface area contributed by atoms with Crippen LogP contribution < -0.4 is 0 Å². The Morgan fingerprint density at radius 3 is 1.19 bits per heavy atom. The summed E-state index contributed by atoms with van der Waals surface area (Å²) in [5.41, 5.74) is 2.17. The largest absolute Gasteiger partial charge is 0.142 e. The predicted molar refractivity (Wildman–Crippen MR) is 77.7 cm³/mol. The van der Waals surface area contributed by atoms with E-state index in [1.54, 1.807) is 0 Å². The van der Waals surface area contributed by atoms with Gasteiger partial charge in [-0.05, 0) is 11.1 Å². The van der Waals surface area contributed by atoms with Gasteiger partial charge in [-0.2, -0.15) is 0 Å². The van der Waals surface area contributed by atoms with Crippen LogP contribution in [0.3, 0.4) is 0 Å². The molecule has 0 unspecified atom stereocenters. The average molecular weight is 244 g/mol. The third kappa shape index (κ3) is 2.52. The predicted octanol–water partition coefficient (Wildman–Crippen LogP) is 4.37. The zero-order chi connectivity index (χ0) is 11.4. The standard InChI is InChI=1S/C14H12S2/c15-13(11-7-3-1-4-8-11)14(16)12-9-5-2-6-10-12/h1-10,15-16H/b14-13-. The molecule has 0 heterocycles. The van der Waals surface area contributed by atoms with Crippen molar-refractivity contribution in [3.05, 3.63) is 71.8 Å². The Bertz CT molecular complexity index is 439. The monoisotopic (exact) mass is 244 g/mol. The van der Waals surface area contributed by atoms with Crippen molar-refractivity contribution in [1.82, 2.24) is 0 Å². The van der Waals surface area contributed by atoms with Crippen molar-refractivity contribution in [3.63, 3.8) is 0 Å². The molecule has 0 atom stereocenters. The minimum absolute atomic E-state index is 0.898. The minimum Gasteiger partial charge on any atom is -0.142 e. The molecule has 2 aromatic carbocycles. The van der Waals surface area contributed by atoms with Crippen LogP contribution in [0.4, 0.5) is 0 Å². The summed E-state index contributed by atoms with van der Waals surface area (Å²) in [7, 11) is 0. The van der Waals surface area contributed by atoms with Crippen LogP contribution in [0, 0.1) is 0 Å². The Balaban J connectivity index is 2.43. The van der Waals surface area contributed by atoms with Gasteiger partial charge >= 0.3 is 0 Å². The lowest BCUT2D eigenvalue weighted by Crippen LogP contribution is -1.81. The summed E-state index contributed by atoms with van der Waals surface area (Å²) in [5, 5.41) is 0. The van der Waals surface area contributed by atoms with Crippen LogP contribution >= 0.6 is 25.3 Å². The maximum Gasteiger partial charge on any atom is 0.0253 e. The molecule has 0 aromatic heterocycles. The molecular weight excluding hydrogens is 232 g/mol. The molecule has 2 aromatic rings. The molecular formula is C14H12S2. The smallest absolute Gasteiger partial charge is 0.0253 e. The summed E-state index contributed by atoms with van der Waals surface area (Å²) in [6.07, 6.45) is 0. The molecule has 0 spiro atoms. The Morgan fingerprint density at radius 1 is 0.562 bits per heavy atom. The number of rotatable bonds is 2. The molecule has 0 bridgehead atoms. The van der Waals surface area contributed by atoms with Gasteiger partial charge in [-0.3, -0.25) is 0 Å². The fraction of sp³-hybridized carbons (Fsp3) is 0. The molecule has 0 radical (unpaired) electrons. The van der Waals surface area contributed by atoms with Gasteiger partial charge < -0.3 is 0 Å². The van der Waals surface area contributed by atoms with E-state index in [2.05, 4.69) is 25.3 Å². The molecule has 0 aliphatic carbocycles. The number of hydrogen-bond donors (Lipinski definition) is 2. The van der Waals surface area contributed by atoms with Crippen LogP contribution in [0.2, 0.25) is 0 Å². The highest BCUT2D eigenvalue weighted by molar-refractivity contribution is 7.96. The fourth-order valence-corrected chi connectivity index (χ4v) is 2.02. The summed E-state index contributed by atoms with van der Waals surface area (Å²) >= 11 is 9.06. The Hall–Kier alpha value is -1.12. The molecule has 0 aliphatic heterocycles. The maximum absolute atomic E-state index is 4.53. The molecule has 0 aliphatic rings. The Morgan fingerprint density at radius 2 is 0.875 bits per heavy atom. The van der Waals surface area contributed by atoms with Gasteiger partial charge in [0.2, 0.25) is 0 Å². The van der Waals surface area contributed by atoms with Crippen molar-refractivity contribution in [2.75, 3.05) is 0 Å². The SMILES string of the molecule is S/C(=C(\S)c1ccccc1)c1ccccc1. The topological polar surface area (TPSA) is 0 Å². The zero-order valence-corrected chi connectivity index (χ0v) is 10.5. The zero-order valence-electron chi connectivity index (χ0n) is 8.67. The quantitative estimate of drug-likeness (QED) is 0.569. The summed E-state index contributed by atoms with van der Waals surface area (Å²) in [4.78, 5) is 1.80. The molecule has 16 heavy (non-hydrogen) atoms. The molecule has 0 nitrogen and oxygen atoms in total. The maximum atomic E-state index is 4.53. The summed E-state index contributed by atoms with van der Waals surface area (Å²) in [6.45, 7) is 0. The summed E-state index contributed by atoms with van der Waals surface area (Å²) in [6, 6.07) is 20.1. The average Bonchev–Trinajstić information content (AvgIpc) is 2.39. The van der Waals surface area contributed by atoms with Crippen molar-refractivity contribution in [1.29, 1.82) is 0 Å². The van der Waals surface area contributed by atoms with E-state index >= 15 is 0 Å². The lowest BCUT2D eigenvalue weighted by atomic mass is 10.1. The van der Waals surface area contributed by atoms with Crippen molar-refractivity contribution >= 4 is 35.1 Å². The van der Waals surface area contributed by atoms with Crippen LogP contribution in [0.5, 0.6) is 0 Å². The second-order valence-corrected chi connectivity index (χ2v) is 4.32. The molecule has 0 amide bonds. The second kappa shape index (κ2) is 5.28. The minimum atomic E-state index is 0.898. The molecule has 0 saturated heterocycles. The third-order valence-corrected chi connectivity index (χ3v) is 3.46. The van der Waals surface area contributed by atoms with Gasteiger partial charge in [-0.15, -0.1) is 25.3 Å². The molecule has 80 valence electrons. The van der Waals surface area contributed by atoms with Gasteiger partial charge in [0.05, 0.1) is 0 Å². The van der Waals surface area contributed by atoms with E-state index in [0.717, 1.165) is 20.9 Å². The molecule has 0 N–H and O–H groups in total.